The van der Waals surface area contributed by atoms with Crippen LogP contribution < -0.4 is 4.74 Å². The molecule has 7 heteroatoms. The summed E-state index contributed by atoms with van der Waals surface area (Å²) in [5, 5.41) is 2.03. The van der Waals surface area contributed by atoms with Gasteiger partial charge in [-0.05, 0) is 68.5 Å². The van der Waals surface area contributed by atoms with Crippen LogP contribution in [0.5, 0.6) is 5.75 Å². The van der Waals surface area contributed by atoms with Crippen LogP contribution in [-0.4, -0.2) is 46.8 Å². The molecule has 162 valence electrons. The van der Waals surface area contributed by atoms with Gasteiger partial charge in [0.05, 0.1) is 6.04 Å². The fourth-order valence-corrected chi connectivity index (χ4v) is 4.63. The summed E-state index contributed by atoms with van der Waals surface area (Å²) in [6, 6.07) is 7.67. The van der Waals surface area contributed by atoms with Crippen LogP contribution in [0.4, 0.5) is 4.39 Å². The highest BCUT2D eigenvalue weighted by Crippen LogP contribution is 2.34. The Morgan fingerprint density at radius 3 is 2.57 bits per heavy atom. The van der Waals surface area contributed by atoms with E-state index in [9.17, 15) is 14.0 Å². The molecule has 1 aliphatic rings. The first-order chi connectivity index (χ1) is 14.2. The zero-order valence-electron chi connectivity index (χ0n) is 18.0. The van der Waals surface area contributed by atoms with Crippen LogP contribution >= 0.6 is 11.3 Å². The molecule has 2 aromatic rings. The normalized spacial score (nSPS) is 16.2. The maximum Gasteiger partial charge on any atom is 0.242 e. The van der Waals surface area contributed by atoms with Crippen LogP contribution in [0.1, 0.15) is 50.6 Å². The summed E-state index contributed by atoms with van der Waals surface area (Å²) in [6.07, 6.45) is 1.15. The first-order valence-electron chi connectivity index (χ1n) is 10.2. The Hall–Kier alpha value is -2.41. The van der Waals surface area contributed by atoms with Crippen molar-refractivity contribution in [2.24, 2.45) is 0 Å². The second kappa shape index (κ2) is 9.16. The molecule has 1 aromatic heterocycles. The predicted molar refractivity (Wildman–Crippen MR) is 116 cm³/mol. The standard InChI is InChI=1S/C23H29FN2O3S/c1-5-21(27)26(23(2,3)4)14-22(28)25-12-10-20-18(11-13-30-20)19(25)15-29-17-8-6-16(24)7-9-17/h6-9,11,13,19H,5,10,12,14-15H2,1-4H3. The first-order valence-corrected chi connectivity index (χ1v) is 11.1. The zero-order chi connectivity index (χ0) is 21.9. The van der Waals surface area contributed by atoms with Crippen LogP contribution in [0.2, 0.25) is 0 Å². The molecule has 0 N–H and O–H groups in total. The van der Waals surface area contributed by atoms with Crippen molar-refractivity contribution in [3.8, 4) is 5.75 Å². The molecule has 0 bridgehead atoms. The third kappa shape index (κ3) is 5.01. The summed E-state index contributed by atoms with van der Waals surface area (Å²) < 4.78 is 19.1. The maximum absolute atomic E-state index is 13.3. The Morgan fingerprint density at radius 1 is 1.23 bits per heavy atom. The molecule has 3 rings (SSSR count). The third-order valence-electron chi connectivity index (χ3n) is 5.34. The van der Waals surface area contributed by atoms with Gasteiger partial charge in [0.1, 0.15) is 24.7 Å². The third-order valence-corrected chi connectivity index (χ3v) is 6.34. The largest absolute Gasteiger partial charge is 0.491 e. The average molecular weight is 433 g/mol. The minimum atomic E-state index is -0.438. The fourth-order valence-electron chi connectivity index (χ4n) is 3.70. The Balaban J connectivity index is 1.79. The molecule has 0 aliphatic carbocycles. The van der Waals surface area contributed by atoms with Crippen LogP contribution in [-0.2, 0) is 16.0 Å². The van der Waals surface area contributed by atoms with Gasteiger partial charge in [-0.1, -0.05) is 6.92 Å². The number of halogens is 1. The number of rotatable bonds is 6. The molecule has 0 saturated heterocycles. The molecule has 5 nitrogen and oxygen atoms in total. The summed E-state index contributed by atoms with van der Waals surface area (Å²) in [7, 11) is 0. The van der Waals surface area contributed by atoms with E-state index in [0.717, 1.165) is 12.0 Å². The van der Waals surface area contributed by atoms with Gasteiger partial charge in [0.25, 0.3) is 0 Å². The molecule has 1 unspecified atom stereocenters. The van der Waals surface area contributed by atoms with Crippen LogP contribution in [0.15, 0.2) is 35.7 Å². The minimum Gasteiger partial charge on any atom is -0.491 e. The van der Waals surface area contributed by atoms with Gasteiger partial charge in [-0.25, -0.2) is 4.39 Å². The van der Waals surface area contributed by atoms with E-state index in [-0.39, 0.29) is 36.8 Å². The number of amides is 2. The van der Waals surface area contributed by atoms with Crippen molar-refractivity contribution in [1.82, 2.24) is 9.80 Å². The van der Waals surface area contributed by atoms with Gasteiger partial charge < -0.3 is 14.5 Å². The minimum absolute atomic E-state index is 0.0387. The summed E-state index contributed by atoms with van der Waals surface area (Å²) in [5.41, 5.74) is 0.650. The van der Waals surface area contributed by atoms with E-state index in [4.69, 9.17) is 4.74 Å². The van der Waals surface area contributed by atoms with Crippen molar-refractivity contribution in [3.05, 3.63) is 52.0 Å². The molecular weight excluding hydrogens is 403 g/mol. The Morgan fingerprint density at radius 2 is 1.93 bits per heavy atom. The van der Waals surface area contributed by atoms with Gasteiger partial charge in [0, 0.05) is 23.4 Å². The van der Waals surface area contributed by atoms with Crippen LogP contribution in [0.25, 0.3) is 0 Å². The van der Waals surface area contributed by atoms with Crippen molar-refractivity contribution < 1.29 is 18.7 Å². The van der Waals surface area contributed by atoms with Crippen molar-refractivity contribution in [2.75, 3.05) is 19.7 Å². The summed E-state index contributed by atoms with van der Waals surface area (Å²) in [6.45, 7) is 8.54. The number of fused-ring (bicyclic) bond motifs is 1. The summed E-state index contributed by atoms with van der Waals surface area (Å²) in [4.78, 5) is 30.5. The molecule has 1 aromatic carbocycles. The quantitative estimate of drug-likeness (QED) is 0.679. The summed E-state index contributed by atoms with van der Waals surface area (Å²) >= 11 is 1.69. The predicted octanol–water partition coefficient (Wildman–Crippen LogP) is 4.43. The highest BCUT2D eigenvalue weighted by molar-refractivity contribution is 7.10. The zero-order valence-corrected chi connectivity index (χ0v) is 18.8. The van der Waals surface area contributed by atoms with E-state index in [1.165, 1.54) is 17.0 Å². The highest BCUT2D eigenvalue weighted by Gasteiger charge is 2.35. The van der Waals surface area contributed by atoms with Gasteiger partial charge >= 0.3 is 0 Å². The second-order valence-corrected chi connectivity index (χ2v) is 9.42. The van der Waals surface area contributed by atoms with E-state index >= 15 is 0 Å². The van der Waals surface area contributed by atoms with Crippen LogP contribution in [0, 0.1) is 5.82 Å². The monoisotopic (exact) mass is 432 g/mol. The lowest BCUT2D eigenvalue weighted by atomic mass is 9.99. The van der Waals surface area contributed by atoms with E-state index in [1.54, 1.807) is 28.4 Å². The maximum atomic E-state index is 13.3. The Kier molecular flexibility index (Phi) is 6.81. The van der Waals surface area contributed by atoms with Crippen molar-refractivity contribution in [2.45, 2.75) is 52.1 Å². The van der Waals surface area contributed by atoms with Crippen molar-refractivity contribution in [3.63, 3.8) is 0 Å². The van der Waals surface area contributed by atoms with Gasteiger partial charge in [-0.2, -0.15) is 0 Å². The van der Waals surface area contributed by atoms with Gasteiger partial charge in [0.2, 0.25) is 11.8 Å². The number of thiophene rings is 1. The van der Waals surface area contributed by atoms with E-state index < -0.39 is 5.54 Å². The van der Waals surface area contributed by atoms with Gasteiger partial charge in [0.15, 0.2) is 0 Å². The SMILES string of the molecule is CCC(=O)N(CC(=O)N1CCc2sccc2C1COc1ccc(F)cc1)C(C)(C)C. The Bertz CT molecular complexity index is 889. The molecule has 0 spiro atoms. The number of carbonyl (C=O) groups excluding carboxylic acids is 2. The number of benzene rings is 1. The molecule has 1 atom stereocenters. The van der Waals surface area contributed by atoms with Crippen molar-refractivity contribution >= 4 is 23.2 Å². The van der Waals surface area contributed by atoms with E-state index in [0.29, 0.717) is 18.7 Å². The van der Waals surface area contributed by atoms with E-state index in [2.05, 4.69) is 0 Å². The lowest BCUT2D eigenvalue weighted by Gasteiger charge is -2.40. The van der Waals surface area contributed by atoms with Gasteiger partial charge in [-0.3, -0.25) is 9.59 Å². The molecule has 2 amide bonds. The second-order valence-electron chi connectivity index (χ2n) is 8.42. The molecule has 0 fully saturated rings. The number of hydrogen-bond donors (Lipinski definition) is 0. The van der Waals surface area contributed by atoms with Crippen LogP contribution in [0.3, 0.4) is 0 Å². The summed E-state index contributed by atoms with van der Waals surface area (Å²) in [5.74, 6) is 0.114. The molecule has 0 radical (unpaired) electrons. The number of ether oxygens (including phenoxy) is 1. The number of hydrogen-bond acceptors (Lipinski definition) is 4. The lowest BCUT2D eigenvalue weighted by Crippen LogP contribution is -2.53. The fraction of sp³-hybridized carbons (Fsp3) is 0.478. The van der Waals surface area contributed by atoms with Gasteiger partial charge in [-0.15, -0.1) is 11.3 Å². The highest BCUT2D eigenvalue weighted by atomic mass is 32.1. The Labute approximate surface area is 181 Å². The smallest absolute Gasteiger partial charge is 0.242 e. The average Bonchev–Trinajstić information content (AvgIpc) is 3.18. The van der Waals surface area contributed by atoms with E-state index in [1.807, 2.05) is 44.0 Å². The molecular formula is C23H29FN2O3S. The molecule has 0 saturated carbocycles. The number of carbonyl (C=O) groups is 2. The molecule has 2 heterocycles. The number of nitrogens with zero attached hydrogens (tertiary/aromatic N) is 2. The molecule has 30 heavy (non-hydrogen) atoms. The topological polar surface area (TPSA) is 49.9 Å². The molecule has 1 aliphatic heterocycles. The lowest BCUT2D eigenvalue weighted by molar-refractivity contribution is -0.146. The van der Waals surface area contributed by atoms with Crippen molar-refractivity contribution in [1.29, 1.82) is 0 Å². The first kappa shape index (κ1) is 22.3.